The minimum Gasteiger partial charge on any atom is -0.491 e. The van der Waals surface area contributed by atoms with Gasteiger partial charge >= 0.3 is 11.9 Å². The zero-order valence-corrected chi connectivity index (χ0v) is 16.6. The first-order valence-electron chi connectivity index (χ1n) is 9.36. The number of aliphatic carboxylic acids is 1. The van der Waals surface area contributed by atoms with Gasteiger partial charge in [0.1, 0.15) is 25.2 Å². The number of benzene rings is 1. The number of ether oxygens (including phenoxy) is 5. The molecule has 1 aromatic rings. The Morgan fingerprint density at radius 2 is 1.30 bits per heavy atom. The number of hydrogen-bond donors (Lipinski definition) is 1. The molecule has 30 heavy (non-hydrogen) atoms. The van der Waals surface area contributed by atoms with Crippen LogP contribution >= 0.6 is 0 Å². The second-order valence-electron chi connectivity index (χ2n) is 5.82. The summed E-state index contributed by atoms with van der Waals surface area (Å²) in [7, 11) is 0. The van der Waals surface area contributed by atoms with Crippen LogP contribution in [0.5, 0.6) is 5.75 Å². The van der Waals surface area contributed by atoms with E-state index in [1.54, 1.807) is 24.3 Å². The molecule has 0 aromatic heterocycles. The Bertz CT molecular complexity index is 656. The lowest BCUT2D eigenvalue weighted by Crippen LogP contribution is -2.17. The molecule has 0 aliphatic carbocycles. The van der Waals surface area contributed by atoms with Gasteiger partial charge in [0.2, 0.25) is 5.78 Å². The standard InChI is InChI=1S/C20H26O10/c21-15-16-1-3-17(4-2-16)29-13-11-27-9-7-26-8-10-28-12-14-30-19(23)6-5-18(22)20(24)25/h1-4,15H,5-14H2,(H,24,25). The number of ketones is 1. The van der Waals surface area contributed by atoms with Crippen molar-refractivity contribution in [2.45, 2.75) is 12.8 Å². The lowest BCUT2D eigenvalue weighted by molar-refractivity contribution is -0.151. The van der Waals surface area contributed by atoms with E-state index in [0.29, 0.717) is 51.0 Å². The number of carboxylic acid groups (broad SMARTS) is 1. The maximum atomic E-state index is 11.3. The summed E-state index contributed by atoms with van der Waals surface area (Å²) in [5.41, 5.74) is 0.589. The van der Waals surface area contributed by atoms with Crippen molar-refractivity contribution in [3.63, 3.8) is 0 Å². The van der Waals surface area contributed by atoms with E-state index in [1.807, 2.05) is 0 Å². The van der Waals surface area contributed by atoms with Gasteiger partial charge < -0.3 is 28.8 Å². The number of aldehydes is 1. The maximum absolute atomic E-state index is 11.3. The van der Waals surface area contributed by atoms with Gasteiger partial charge in [-0.15, -0.1) is 0 Å². The zero-order valence-electron chi connectivity index (χ0n) is 16.6. The summed E-state index contributed by atoms with van der Waals surface area (Å²) < 4.78 is 26.2. The fourth-order valence-corrected chi connectivity index (χ4v) is 2.01. The molecule has 0 saturated heterocycles. The number of carbonyl (C=O) groups is 4. The fraction of sp³-hybridized carbons (Fsp3) is 0.500. The first-order chi connectivity index (χ1) is 14.5. The molecular formula is C20H26O10. The molecule has 1 rings (SSSR count). The van der Waals surface area contributed by atoms with Crippen molar-refractivity contribution >= 4 is 24.0 Å². The first-order valence-corrected chi connectivity index (χ1v) is 9.36. The molecule has 10 nitrogen and oxygen atoms in total. The summed E-state index contributed by atoms with van der Waals surface area (Å²) in [6.07, 6.45) is 0.113. The first kappa shape index (κ1) is 25.2. The van der Waals surface area contributed by atoms with E-state index < -0.39 is 17.7 Å². The summed E-state index contributed by atoms with van der Waals surface area (Å²) in [6, 6.07) is 6.78. The van der Waals surface area contributed by atoms with Crippen molar-refractivity contribution in [1.82, 2.24) is 0 Å². The van der Waals surface area contributed by atoms with E-state index in [-0.39, 0.29) is 26.1 Å². The molecule has 0 aliphatic rings. The third-order valence-corrected chi connectivity index (χ3v) is 3.54. The van der Waals surface area contributed by atoms with Crippen molar-refractivity contribution in [3.8, 4) is 5.75 Å². The van der Waals surface area contributed by atoms with E-state index in [9.17, 15) is 19.2 Å². The van der Waals surface area contributed by atoms with Crippen molar-refractivity contribution in [3.05, 3.63) is 29.8 Å². The summed E-state index contributed by atoms with van der Waals surface area (Å²) in [6.45, 7) is 2.43. The minimum absolute atomic E-state index is 0.0150. The number of esters is 1. The van der Waals surface area contributed by atoms with Gasteiger partial charge in [-0.3, -0.25) is 14.4 Å². The number of carbonyl (C=O) groups excluding carboxylic acids is 3. The van der Waals surface area contributed by atoms with Crippen LogP contribution in [0.2, 0.25) is 0 Å². The summed E-state index contributed by atoms with van der Waals surface area (Å²) in [5.74, 6) is -2.57. The van der Waals surface area contributed by atoms with Crippen molar-refractivity contribution in [2.75, 3.05) is 52.9 Å². The third-order valence-electron chi connectivity index (χ3n) is 3.54. The highest BCUT2D eigenvalue weighted by molar-refractivity contribution is 6.32. The Labute approximate surface area is 174 Å². The van der Waals surface area contributed by atoms with Crippen LogP contribution in [0.15, 0.2) is 24.3 Å². The minimum atomic E-state index is -1.56. The molecule has 1 N–H and O–H groups in total. The molecular weight excluding hydrogens is 400 g/mol. The van der Waals surface area contributed by atoms with Gasteiger partial charge in [0, 0.05) is 12.0 Å². The zero-order chi connectivity index (χ0) is 22.0. The molecule has 0 unspecified atom stereocenters. The molecule has 0 aliphatic heterocycles. The van der Waals surface area contributed by atoms with Gasteiger partial charge in [0.05, 0.1) is 46.1 Å². The third kappa shape index (κ3) is 12.6. The predicted molar refractivity (Wildman–Crippen MR) is 103 cm³/mol. The van der Waals surface area contributed by atoms with E-state index in [0.717, 1.165) is 6.29 Å². The highest BCUT2D eigenvalue weighted by atomic mass is 16.6. The van der Waals surface area contributed by atoms with Crippen LogP contribution in [0.1, 0.15) is 23.2 Å². The smallest absolute Gasteiger partial charge is 0.372 e. The lowest BCUT2D eigenvalue weighted by atomic mass is 10.2. The Morgan fingerprint density at radius 3 is 1.83 bits per heavy atom. The highest BCUT2D eigenvalue weighted by Gasteiger charge is 2.14. The largest absolute Gasteiger partial charge is 0.491 e. The molecule has 166 valence electrons. The van der Waals surface area contributed by atoms with Crippen molar-refractivity contribution in [2.24, 2.45) is 0 Å². The van der Waals surface area contributed by atoms with Gasteiger partial charge in [-0.25, -0.2) is 4.79 Å². The SMILES string of the molecule is O=Cc1ccc(OCCOCCOCCOCCOC(=O)CCC(=O)C(=O)O)cc1. The number of rotatable bonds is 18. The molecule has 0 bridgehead atoms. The average molecular weight is 426 g/mol. The fourth-order valence-electron chi connectivity index (χ4n) is 2.01. The molecule has 0 atom stereocenters. The highest BCUT2D eigenvalue weighted by Crippen LogP contribution is 2.10. The average Bonchev–Trinajstić information content (AvgIpc) is 2.75. The Kier molecular flexibility index (Phi) is 13.5. The molecule has 1 aromatic carbocycles. The van der Waals surface area contributed by atoms with Crippen molar-refractivity contribution in [1.29, 1.82) is 0 Å². The van der Waals surface area contributed by atoms with Gasteiger partial charge in [-0.2, -0.15) is 0 Å². The normalized spacial score (nSPS) is 10.4. The molecule has 0 spiro atoms. The van der Waals surface area contributed by atoms with Gasteiger partial charge in [-0.1, -0.05) is 0 Å². The van der Waals surface area contributed by atoms with E-state index >= 15 is 0 Å². The van der Waals surface area contributed by atoms with Gasteiger partial charge in [0.25, 0.3) is 0 Å². The predicted octanol–water partition coefficient (Wildman–Crippen LogP) is 0.905. The van der Waals surface area contributed by atoms with Crippen molar-refractivity contribution < 1.29 is 48.0 Å². The monoisotopic (exact) mass is 426 g/mol. The second kappa shape index (κ2) is 16.0. The number of Topliss-reactive ketones (excluding diaryl/α,β-unsaturated/α-hetero) is 1. The maximum Gasteiger partial charge on any atom is 0.372 e. The van der Waals surface area contributed by atoms with E-state index in [2.05, 4.69) is 0 Å². The van der Waals surface area contributed by atoms with Gasteiger partial charge in [0.15, 0.2) is 0 Å². The van der Waals surface area contributed by atoms with Crippen LogP contribution in [0, 0.1) is 0 Å². The quantitative estimate of drug-likeness (QED) is 0.156. The summed E-state index contributed by atoms with van der Waals surface area (Å²) in [5, 5.41) is 8.39. The van der Waals surface area contributed by atoms with E-state index in [1.165, 1.54) is 0 Å². The van der Waals surface area contributed by atoms with Crippen LogP contribution in [0.3, 0.4) is 0 Å². The molecule has 0 amide bonds. The Balaban J connectivity index is 1.84. The molecule has 0 saturated carbocycles. The van der Waals surface area contributed by atoms with Crippen LogP contribution in [-0.4, -0.2) is 82.0 Å². The molecule has 0 fully saturated rings. The molecule has 0 radical (unpaired) electrons. The van der Waals surface area contributed by atoms with Crippen LogP contribution in [-0.2, 0) is 33.3 Å². The van der Waals surface area contributed by atoms with Crippen LogP contribution in [0.25, 0.3) is 0 Å². The molecule has 10 heteroatoms. The molecule has 0 heterocycles. The van der Waals surface area contributed by atoms with Gasteiger partial charge in [-0.05, 0) is 24.3 Å². The number of carboxylic acids is 1. The topological polar surface area (TPSA) is 135 Å². The Morgan fingerprint density at radius 1 is 0.767 bits per heavy atom. The number of hydrogen-bond acceptors (Lipinski definition) is 9. The Hall–Kier alpha value is -2.82. The lowest BCUT2D eigenvalue weighted by Gasteiger charge is -2.08. The van der Waals surface area contributed by atoms with Crippen LogP contribution < -0.4 is 4.74 Å². The summed E-state index contributed by atoms with van der Waals surface area (Å²) in [4.78, 5) is 43.0. The van der Waals surface area contributed by atoms with Crippen LogP contribution in [0.4, 0.5) is 0 Å². The second-order valence-corrected chi connectivity index (χ2v) is 5.82. The van der Waals surface area contributed by atoms with E-state index in [4.69, 9.17) is 28.8 Å². The summed E-state index contributed by atoms with van der Waals surface area (Å²) >= 11 is 0.